The lowest BCUT2D eigenvalue weighted by Crippen LogP contribution is -1.99. The van der Waals surface area contributed by atoms with Crippen LogP contribution >= 0.6 is 0 Å². The van der Waals surface area contributed by atoms with Crippen LogP contribution in [0.5, 0.6) is 0 Å². The van der Waals surface area contributed by atoms with Crippen LogP contribution in [0.1, 0.15) is 5.69 Å². The van der Waals surface area contributed by atoms with Gasteiger partial charge in [-0.15, -0.1) is 0 Å². The van der Waals surface area contributed by atoms with E-state index in [4.69, 9.17) is 4.52 Å². The van der Waals surface area contributed by atoms with E-state index in [0.717, 1.165) is 5.56 Å². The molecule has 2 aromatic heterocycles. The predicted octanol–water partition coefficient (Wildman–Crippen LogP) is 2.49. The maximum atomic E-state index is 10.6. The number of aromatic nitrogens is 3. The summed E-state index contributed by atoms with van der Waals surface area (Å²) in [6, 6.07) is 11.4. The Labute approximate surface area is 113 Å². The van der Waals surface area contributed by atoms with E-state index in [1.54, 1.807) is 6.07 Å². The van der Waals surface area contributed by atoms with Crippen LogP contribution in [-0.2, 0) is 6.54 Å². The Bertz CT molecular complexity index is 733. The summed E-state index contributed by atoms with van der Waals surface area (Å²) < 4.78 is 6.70. The highest BCUT2D eigenvalue weighted by Crippen LogP contribution is 2.20. The Morgan fingerprint density at radius 1 is 1.30 bits per heavy atom. The molecule has 0 spiro atoms. The first-order valence-electron chi connectivity index (χ1n) is 5.90. The topological polar surface area (TPSA) is 87.0 Å². The fourth-order valence-corrected chi connectivity index (χ4v) is 1.82. The second-order valence-corrected chi connectivity index (χ2v) is 4.20. The molecule has 7 nitrogen and oxygen atoms in total. The van der Waals surface area contributed by atoms with Crippen molar-refractivity contribution in [2.24, 2.45) is 0 Å². The maximum Gasteiger partial charge on any atom is 0.307 e. The Hall–Kier alpha value is -2.96. The second kappa shape index (κ2) is 4.96. The molecule has 0 fully saturated rings. The molecule has 0 aliphatic heterocycles. The second-order valence-electron chi connectivity index (χ2n) is 4.20. The molecule has 0 radical (unpaired) electrons. The summed E-state index contributed by atoms with van der Waals surface area (Å²) in [6.07, 6.45) is 2.56. The molecule has 3 rings (SSSR count). The minimum absolute atomic E-state index is 0.0447. The third kappa shape index (κ3) is 2.41. The maximum absolute atomic E-state index is 10.6. The molecule has 100 valence electrons. The average Bonchev–Trinajstić information content (AvgIpc) is 3.10. The van der Waals surface area contributed by atoms with E-state index in [1.165, 1.54) is 17.1 Å². The quantitative estimate of drug-likeness (QED) is 0.537. The van der Waals surface area contributed by atoms with Crippen molar-refractivity contribution in [3.8, 4) is 11.3 Å². The lowest BCUT2D eigenvalue weighted by atomic mass is 10.2. The third-order valence-electron chi connectivity index (χ3n) is 2.77. The Morgan fingerprint density at radius 2 is 2.10 bits per heavy atom. The molecule has 0 aliphatic carbocycles. The zero-order chi connectivity index (χ0) is 13.9. The molecule has 0 amide bonds. The van der Waals surface area contributed by atoms with Crippen LogP contribution in [0.2, 0.25) is 0 Å². The smallest absolute Gasteiger partial charge is 0.307 e. The van der Waals surface area contributed by atoms with Gasteiger partial charge in [-0.3, -0.25) is 14.8 Å². The van der Waals surface area contributed by atoms with Gasteiger partial charge in [0.25, 0.3) is 0 Å². The summed E-state index contributed by atoms with van der Waals surface area (Å²) in [5.41, 5.74) is 1.54. The zero-order valence-corrected chi connectivity index (χ0v) is 10.3. The van der Waals surface area contributed by atoms with Crippen molar-refractivity contribution < 1.29 is 9.45 Å². The van der Waals surface area contributed by atoms with Gasteiger partial charge in [0.05, 0.1) is 11.5 Å². The third-order valence-corrected chi connectivity index (χ3v) is 2.77. The number of nitrogens with zero attached hydrogens (tertiary/aromatic N) is 4. The van der Waals surface area contributed by atoms with Crippen molar-refractivity contribution in [1.29, 1.82) is 0 Å². The first kappa shape index (κ1) is 12.1. The van der Waals surface area contributed by atoms with Crippen LogP contribution in [0.15, 0.2) is 53.3 Å². The van der Waals surface area contributed by atoms with Gasteiger partial charge in [0.2, 0.25) is 0 Å². The summed E-state index contributed by atoms with van der Waals surface area (Å²) in [7, 11) is 0. The van der Waals surface area contributed by atoms with Crippen LogP contribution in [0.25, 0.3) is 11.3 Å². The van der Waals surface area contributed by atoms with Crippen molar-refractivity contribution >= 4 is 5.69 Å². The Balaban J connectivity index is 1.78. The highest BCUT2D eigenvalue weighted by atomic mass is 16.6. The molecule has 0 atom stereocenters. The van der Waals surface area contributed by atoms with Crippen LogP contribution in [-0.4, -0.2) is 19.9 Å². The number of nitro groups is 1. The molecule has 0 aliphatic rings. The van der Waals surface area contributed by atoms with E-state index < -0.39 is 4.92 Å². The summed E-state index contributed by atoms with van der Waals surface area (Å²) in [6.45, 7) is 0.324. The molecule has 20 heavy (non-hydrogen) atoms. The molecule has 7 heteroatoms. The van der Waals surface area contributed by atoms with Crippen LogP contribution < -0.4 is 0 Å². The monoisotopic (exact) mass is 270 g/mol. The van der Waals surface area contributed by atoms with Crippen LogP contribution in [0.4, 0.5) is 5.69 Å². The van der Waals surface area contributed by atoms with Crippen molar-refractivity contribution in [3.05, 3.63) is 64.6 Å². The first-order chi connectivity index (χ1) is 9.72. The zero-order valence-electron chi connectivity index (χ0n) is 10.3. The van der Waals surface area contributed by atoms with Crippen molar-refractivity contribution in [2.45, 2.75) is 6.54 Å². The summed E-state index contributed by atoms with van der Waals surface area (Å²) in [4.78, 5) is 10.1. The molecule has 0 N–H and O–H groups in total. The molecule has 3 aromatic rings. The van der Waals surface area contributed by atoms with Crippen LogP contribution in [0, 0.1) is 10.1 Å². The summed E-state index contributed by atoms with van der Waals surface area (Å²) in [5.74, 6) is 0.655. The largest absolute Gasteiger partial charge is 0.356 e. The fourth-order valence-electron chi connectivity index (χ4n) is 1.82. The highest BCUT2D eigenvalue weighted by Gasteiger charge is 2.11. The van der Waals surface area contributed by atoms with Gasteiger partial charge >= 0.3 is 5.69 Å². The van der Waals surface area contributed by atoms with E-state index >= 15 is 0 Å². The SMILES string of the molecule is O=[N+]([O-])c1cnn(Cc2cc(-c3ccccc3)on2)c1. The molecule has 0 saturated heterocycles. The molecule has 0 bridgehead atoms. The van der Waals surface area contributed by atoms with E-state index in [1.807, 2.05) is 30.3 Å². The van der Waals surface area contributed by atoms with Crippen molar-refractivity contribution in [2.75, 3.05) is 0 Å². The van der Waals surface area contributed by atoms with E-state index in [2.05, 4.69) is 10.3 Å². The van der Waals surface area contributed by atoms with E-state index in [-0.39, 0.29) is 5.69 Å². The number of rotatable bonds is 4. The van der Waals surface area contributed by atoms with Gasteiger partial charge in [0.1, 0.15) is 18.1 Å². The number of benzene rings is 1. The summed E-state index contributed by atoms with van der Waals surface area (Å²) >= 11 is 0. The Kier molecular flexibility index (Phi) is 3.00. The van der Waals surface area contributed by atoms with E-state index in [0.29, 0.717) is 18.0 Å². The molecule has 0 saturated carbocycles. The average molecular weight is 270 g/mol. The molecular weight excluding hydrogens is 260 g/mol. The number of hydrogen-bond donors (Lipinski definition) is 0. The number of hydrogen-bond acceptors (Lipinski definition) is 5. The summed E-state index contributed by atoms with van der Waals surface area (Å²) in [5, 5.41) is 18.4. The predicted molar refractivity (Wildman–Crippen MR) is 69.9 cm³/mol. The van der Waals surface area contributed by atoms with Crippen molar-refractivity contribution in [3.63, 3.8) is 0 Å². The first-order valence-corrected chi connectivity index (χ1v) is 5.90. The van der Waals surface area contributed by atoms with Gasteiger partial charge in [-0.05, 0) is 0 Å². The van der Waals surface area contributed by atoms with Crippen LogP contribution in [0.3, 0.4) is 0 Å². The van der Waals surface area contributed by atoms with Gasteiger partial charge in [-0.2, -0.15) is 5.10 Å². The van der Waals surface area contributed by atoms with Gasteiger partial charge in [0, 0.05) is 11.6 Å². The molecule has 2 heterocycles. The van der Waals surface area contributed by atoms with Gasteiger partial charge < -0.3 is 4.52 Å². The standard InChI is InChI=1S/C13H10N4O3/c18-17(19)12-7-14-16(9-12)8-11-6-13(20-15-11)10-4-2-1-3-5-10/h1-7,9H,8H2. The molecule has 1 aromatic carbocycles. The Morgan fingerprint density at radius 3 is 2.80 bits per heavy atom. The lowest BCUT2D eigenvalue weighted by molar-refractivity contribution is -0.385. The van der Waals surface area contributed by atoms with Crippen molar-refractivity contribution in [1.82, 2.24) is 14.9 Å². The van der Waals surface area contributed by atoms with Gasteiger partial charge in [-0.1, -0.05) is 35.5 Å². The van der Waals surface area contributed by atoms with Gasteiger partial charge in [0.15, 0.2) is 5.76 Å². The lowest BCUT2D eigenvalue weighted by Gasteiger charge is -1.94. The molecular formula is C13H10N4O3. The van der Waals surface area contributed by atoms with Gasteiger partial charge in [-0.25, -0.2) is 0 Å². The highest BCUT2D eigenvalue weighted by molar-refractivity contribution is 5.56. The van der Waals surface area contributed by atoms with E-state index in [9.17, 15) is 10.1 Å². The molecule has 0 unspecified atom stereocenters. The normalized spacial score (nSPS) is 10.6. The fraction of sp³-hybridized carbons (Fsp3) is 0.0769. The minimum atomic E-state index is -0.484. The minimum Gasteiger partial charge on any atom is -0.356 e.